The van der Waals surface area contributed by atoms with Gasteiger partial charge in [-0.05, 0) is 32.4 Å². The SMILES string of the molecule is Cc1ccc(NC(=O)NC(C)CO)c(C)c1. The summed E-state index contributed by atoms with van der Waals surface area (Å²) in [4.78, 5) is 11.5. The Kier molecular flexibility index (Phi) is 4.31. The Morgan fingerprint density at radius 2 is 2.12 bits per heavy atom. The molecule has 4 heteroatoms. The topological polar surface area (TPSA) is 61.4 Å². The Balaban J connectivity index is 2.63. The van der Waals surface area contributed by atoms with Crippen LogP contribution in [0.4, 0.5) is 10.5 Å². The highest BCUT2D eigenvalue weighted by Crippen LogP contribution is 2.15. The summed E-state index contributed by atoms with van der Waals surface area (Å²) in [5, 5.41) is 14.2. The van der Waals surface area contributed by atoms with Crippen LogP contribution in [0.3, 0.4) is 0 Å². The molecular formula is C12H18N2O2. The van der Waals surface area contributed by atoms with Crippen LogP contribution in [0.25, 0.3) is 0 Å². The van der Waals surface area contributed by atoms with E-state index in [1.54, 1.807) is 6.92 Å². The number of aryl methyl sites for hydroxylation is 2. The molecule has 0 aliphatic carbocycles. The fourth-order valence-electron chi connectivity index (χ4n) is 1.38. The van der Waals surface area contributed by atoms with E-state index in [0.29, 0.717) is 0 Å². The minimum Gasteiger partial charge on any atom is -0.394 e. The van der Waals surface area contributed by atoms with Gasteiger partial charge in [0, 0.05) is 5.69 Å². The molecule has 0 saturated carbocycles. The molecule has 1 unspecified atom stereocenters. The van der Waals surface area contributed by atoms with Gasteiger partial charge in [-0.25, -0.2) is 4.79 Å². The molecular weight excluding hydrogens is 204 g/mol. The molecule has 16 heavy (non-hydrogen) atoms. The van der Waals surface area contributed by atoms with E-state index in [9.17, 15) is 4.79 Å². The second kappa shape index (κ2) is 5.51. The van der Waals surface area contributed by atoms with Gasteiger partial charge in [0.15, 0.2) is 0 Å². The van der Waals surface area contributed by atoms with Crippen molar-refractivity contribution in [3.8, 4) is 0 Å². The first-order valence-corrected chi connectivity index (χ1v) is 5.28. The summed E-state index contributed by atoms with van der Waals surface area (Å²) in [7, 11) is 0. The highest BCUT2D eigenvalue weighted by Gasteiger charge is 2.07. The number of amides is 2. The van der Waals surface area contributed by atoms with E-state index < -0.39 is 0 Å². The number of nitrogens with one attached hydrogen (secondary N) is 2. The number of aliphatic hydroxyl groups is 1. The molecule has 0 aliphatic rings. The lowest BCUT2D eigenvalue weighted by Gasteiger charge is -2.13. The van der Waals surface area contributed by atoms with Gasteiger partial charge in [-0.3, -0.25) is 0 Å². The number of carbonyl (C=O) groups excluding carboxylic acids is 1. The van der Waals surface area contributed by atoms with Crippen molar-refractivity contribution in [3.63, 3.8) is 0 Å². The average Bonchev–Trinajstić information content (AvgIpc) is 2.22. The predicted octanol–water partition coefficient (Wildman–Crippen LogP) is 1.81. The van der Waals surface area contributed by atoms with Crippen molar-refractivity contribution < 1.29 is 9.90 Å². The molecule has 1 atom stereocenters. The van der Waals surface area contributed by atoms with Gasteiger partial charge in [-0.2, -0.15) is 0 Å². The van der Waals surface area contributed by atoms with Crippen LogP contribution in [0, 0.1) is 13.8 Å². The molecule has 0 saturated heterocycles. The van der Waals surface area contributed by atoms with Crippen LogP contribution in [-0.2, 0) is 0 Å². The van der Waals surface area contributed by atoms with Gasteiger partial charge in [0.05, 0.1) is 12.6 Å². The first-order valence-electron chi connectivity index (χ1n) is 5.28. The molecule has 1 rings (SSSR count). The van der Waals surface area contributed by atoms with Gasteiger partial charge in [0.2, 0.25) is 0 Å². The van der Waals surface area contributed by atoms with Crippen molar-refractivity contribution in [1.82, 2.24) is 5.32 Å². The molecule has 0 fully saturated rings. The fraction of sp³-hybridized carbons (Fsp3) is 0.417. The molecule has 88 valence electrons. The maximum atomic E-state index is 11.5. The standard InChI is InChI=1S/C12H18N2O2/c1-8-4-5-11(9(2)6-8)14-12(16)13-10(3)7-15/h4-6,10,15H,7H2,1-3H3,(H2,13,14,16). The van der Waals surface area contributed by atoms with Crippen molar-refractivity contribution in [1.29, 1.82) is 0 Å². The van der Waals surface area contributed by atoms with E-state index in [4.69, 9.17) is 5.11 Å². The molecule has 0 spiro atoms. The van der Waals surface area contributed by atoms with Crippen molar-refractivity contribution in [2.45, 2.75) is 26.8 Å². The molecule has 0 bridgehead atoms. The summed E-state index contributed by atoms with van der Waals surface area (Å²) in [6, 6.07) is 5.27. The third-order valence-corrected chi connectivity index (χ3v) is 2.28. The highest BCUT2D eigenvalue weighted by molar-refractivity contribution is 5.90. The molecule has 1 aromatic carbocycles. The molecule has 0 aromatic heterocycles. The first kappa shape index (κ1) is 12.5. The van der Waals surface area contributed by atoms with Crippen LogP contribution in [0.2, 0.25) is 0 Å². The van der Waals surface area contributed by atoms with Gasteiger partial charge in [-0.1, -0.05) is 17.7 Å². The molecule has 0 heterocycles. The predicted molar refractivity (Wildman–Crippen MR) is 64.6 cm³/mol. The normalized spacial score (nSPS) is 12.0. The zero-order chi connectivity index (χ0) is 12.1. The molecule has 1 aromatic rings. The first-order chi connectivity index (χ1) is 7.52. The number of hydrogen-bond donors (Lipinski definition) is 3. The van der Waals surface area contributed by atoms with E-state index in [2.05, 4.69) is 10.6 Å². The van der Waals surface area contributed by atoms with Crippen LogP contribution in [-0.4, -0.2) is 23.8 Å². The van der Waals surface area contributed by atoms with Crippen LogP contribution < -0.4 is 10.6 Å². The van der Waals surface area contributed by atoms with E-state index in [0.717, 1.165) is 16.8 Å². The summed E-state index contributed by atoms with van der Waals surface area (Å²) in [5.74, 6) is 0. The molecule has 4 nitrogen and oxygen atoms in total. The molecule has 0 aliphatic heterocycles. The lowest BCUT2D eigenvalue weighted by molar-refractivity contribution is 0.229. The van der Waals surface area contributed by atoms with Crippen LogP contribution in [0.15, 0.2) is 18.2 Å². The minimum atomic E-state index is -0.298. The summed E-state index contributed by atoms with van der Waals surface area (Å²) in [5.41, 5.74) is 2.97. The second-order valence-electron chi connectivity index (χ2n) is 4.00. The third kappa shape index (κ3) is 3.55. The van der Waals surface area contributed by atoms with Crippen molar-refractivity contribution in [3.05, 3.63) is 29.3 Å². The lowest BCUT2D eigenvalue weighted by Crippen LogP contribution is -2.38. The second-order valence-corrected chi connectivity index (χ2v) is 4.00. The summed E-state index contributed by atoms with van der Waals surface area (Å²) >= 11 is 0. The van der Waals surface area contributed by atoms with Gasteiger partial charge in [0.25, 0.3) is 0 Å². The molecule has 2 amide bonds. The Labute approximate surface area is 95.7 Å². The Morgan fingerprint density at radius 3 is 2.69 bits per heavy atom. The van der Waals surface area contributed by atoms with Crippen LogP contribution >= 0.6 is 0 Å². The van der Waals surface area contributed by atoms with Crippen LogP contribution in [0.1, 0.15) is 18.1 Å². The van der Waals surface area contributed by atoms with Crippen LogP contribution in [0.5, 0.6) is 0 Å². The Bertz CT molecular complexity index is 377. The maximum Gasteiger partial charge on any atom is 0.319 e. The van der Waals surface area contributed by atoms with Gasteiger partial charge >= 0.3 is 6.03 Å². The monoisotopic (exact) mass is 222 g/mol. The highest BCUT2D eigenvalue weighted by atomic mass is 16.3. The summed E-state index contributed by atoms with van der Waals surface area (Å²) in [6.45, 7) is 5.62. The van der Waals surface area contributed by atoms with Gasteiger partial charge in [0.1, 0.15) is 0 Å². The smallest absolute Gasteiger partial charge is 0.319 e. The number of carbonyl (C=O) groups is 1. The van der Waals surface area contributed by atoms with Crippen molar-refractivity contribution in [2.24, 2.45) is 0 Å². The maximum absolute atomic E-state index is 11.5. The van der Waals surface area contributed by atoms with Crippen molar-refractivity contribution in [2.75, 3.05) is 11.9 Å². The van der Waals surface area contributed by atoms with Gasteiger partial charge < -0.3 is 15.7 Å². The number of hydrogen-bond acceptors (Lipinski definition) is 2. The largest absolute Gasteiger partial charge is 0.394 e. The number of aliphatic hydroxyl groups excluding tert-OH is 1. The minimum absolute atomic E-state index is 0.0691. The third-order valence-electron chi connectivity index (χ3n) is 2.28. The van der Waals surface area contributed by atoms with Crippen molar-refractivity contribution >= 4 is 11.7 Å². The molecule has 0 radical (unpaired) electrons. The van der Waals surface area contributed by atoms with E-state index in [1.807, 2.05) is 32.0 Å². The van der Waals surface area contributed by atoms with E-state index in [1.165, 1.54) is 0 Å². The van der Waals surface area contributed by atoms with Gasteiger partial charge in [-0.15, -0.1) is 0 Å². The Hall–Kier alpha value is -1.55. The summed E-state index contributed by atoms with van der Waals surface area (Å²) in [6.07, 6.45) is 0. The number of benzene rings is 1. The quantitative estimate of drug-likeness (QED) is 0.730. The number of anilines is 1. The molecule has 3 N–H and O–H groups in total. The summed E-state index contributed by atoms with van der Waals surface area (Å²) < 4.78 is 0. The Morgan fingerprint density at radius 1 is 1.44 bits per heavy atom. The van der Waals surface area contributed by atoms with E-state index in [-0.39, 0.29) is 18.7 Å². The number of rotatable bonds is 3. The zero-order valence-electron chi connectivity index (χ0n) is 9.87. The fourth-order valence-corrected chi connectivity index (χ4v) is 1.38. The van der Waals surface area contributed by atoms with E-state index >= 15 is 0 Å². The lowest BCUT2D eigenvalue weighted by atomic mass is 10.1. The number of urea groups is 1. The zero-order valence-corrected chi connectivity index (χ0v) is 9.87. The average molecular weight is 222 g/mol.